The van der Waals surface area contributed by atoms with Gasteiger partial charge in [-0.2, -0.15) is 0 Å². The molecule has 1 atom stereocenters. The number of sulfone groups is 1. The highest BCUT2D eigenvalue weighted by atomic mass is 35.5. The molecule has 0 aromatic rings. The Hall–Kier alpha value is -0.290. The van der Waals surface area contributed by atoms with Crippen LogP contribution in [0.25, 0.3) is 0 Å². The van der Waals surface area contributed by atoms with E-state index in [4.69, 9.17) is 11.6 Å². The minimum atomic E-state index is -2.92. The van der Waals surface area contributed by atoms with Crippen molar-refractivity contribution in [3.8, 4) is 0 Å². The zero-order chi connectivity index (χ0) is 12.2. The molecule has 0 N–H and O–H groups in total. The number of rotatable bonds is 5. The maximum Gasteiger partial charge on any atom is 0.222 e. The van der Waals surface area contributed by atoms with E-state index >= 15 is 0 Å². The minimum Gasteiger partial charge on any atom is -0.339 e. The lowest BCUT2D eigenvalue weighted by Crippen LogP contribution is -2.40. The van der Waals surface area contributed by atoms with E-state index < -0.39 is 9.84 Å². The molecule has 1 amide bonds. The number of halogens is 1. The van der Waals surface area contributed by atoms with E-state index in [9.17, 15) is 13.2 Å². The molecule has 6 heteroatoms. The molecular formula is C10H18ClNO3S. The van der Waals surface area contributed by atoms with Crippen LogP contribution in [0.4, 0.5) is 0 Å². The van der Waals surface area contributed by atoms with Gasteiger partial charge in [-0.3, -0.25) is 4.79 Å². The molecule has 16 heavy (non-hydrogen) atoms. The highest BCUT2D eigenvalue weighted by Gasteiger charge is 2.33. The van der Waals surface area contributed by atoms with Crippen LogP contribution >= 0.6 is 11.6 Å². The van der Waals surface area contributed by atoms with Crippen molar-refractivity contribution in [1.82, 2.24) is 4.90 Å². The first-order valence-corrected chi connectivity index (χ1v) is 7.91. The van der Waals surface area contributed by atoms with Gasteiger partial charge >= 0.3 is 0 Å². The van der Waals surface area contributed by atoms with Crippen molar-refractivity contribution in [2.45, 2.75) is 32.2 Å². The highest BCUT2D eigenvalue weighted by Crippen LogP contribution is 2.18. The van der Waals surface area contributed by atoms with E-state index in [-0.39, 0.29) is 23.5 Å². The van der Waals surface area contributed by atoms with Crippen molar-refractivity contribution >= 4 is 27.3 Å². The molecule has 1 rings (SSSR count). The lowest BCUT2D eigenvalue weighted by atomic mass is 10.2. The van der Waals surface area contributed by atoms with E-state index in [1.54, 1.807) is 4.90 Å². The number of hydrogen-bond donors (Lipinski definition) is 0. The Bertz CT molecular complexity index is 342. The van der Waals surface area contributed by atoms with Gasteiger partial charge in [-0.15, -0.1) is 11.6 Å². The zero-order valence-corrected chi connectivity index (χ0v) is 11.1. The molecule has 0 aliphatic carbocycles. The number of alkyl halides is 1. The summed E-state index contributed by atoms with van der Waals surface area (Å²) < 4.78 is 22.7. The molecule has 94 valence electrons. The summed E-state index contributed by atoms with van der Waals surface area (Å²) in [5.41, 5.74) is 0. The van der Waals surface area contributed by atoms with Crippen molar-refractivity contribution < 1.29 is 13.2 Å². The van der Waals surface area contributed by atoms with Crippen molar-refractivity contribution in [2.24, 2.45) is 0 Å². The molecule has 0 spiro atoms. The molecule has 1 heterocycles. The lowest BCUT2D eigenvalue weighted by Gasteiger charge is -2.26. The van der Waals surface area contributed by atoms with Gasteiger partial charge in [0, 0.05) is 24.9 Å². The number of carbonyl (C=O) groups is 1. The molecule has 0 saturated carbocycles. The summed E-state index contributed by atoms with van der Waals surface area (Å²) in [4.78, 5) is 13.5. The molecule has 0 aromatic carbocycles. The van der Waals surface area contributed by atoms with Crippen LogP contribution in [0, 0.1) is 0 Å². The van der Waals surface area contributed by atoms with E-state index in [0.29, 0.717) is 31.7 Å². The summed E-state index contributed by atoms with van der Waals surface area (Å²) >= 11 is 5.53. The minimum absolute atomic E-state index is 0.0188. The van der Waals surface area contributed by atoms with Gasteiger partial charge in [-0.05, 0) is 19.8 Å². The van der Waals surface area contributed by atoms with Gasteiger partial charge in [0.25, 0.3) is 0 Å². The van der Waals surface area contributed by atoms with Gasteiger partial charge in [-0.1, -0.05) is 0 Å². The van der Waals surface area contributed by atoms with Gasteiger partial charge in [0.05, 0.1) is 11.5 Å². The van der Waals surface area contributed by atoms with Crippen LogP contribution in [0.15, 0.2) is 0 Å². The van der Waals surface area contributed by atoms with Crippen molar-refractivity contribution in [2.75, 3.05) is 23.9 Å². The molecule has 0 radical (unpaired) electrons. The van der Waals surface area contributed by atoms with Crippen LogP contribution in [-0.2, 0) is 14.6 Å². The molecule has 1 aliphatic heterocycles. The highest BCUT2D eigenvalue weighted by molar-refractivity contribution is 7.91. The number of carbonyl (C=O) groups excluding carboxylic acids is 1. The van der Waals surface area contributed by atoms with Crippen LogP contribution < -0.4 is 0 Å². The Balaban J connectivity index is 2.58. The number of nitrogens with zero attached hydrogens (tertiary/aromatic N) is 1. The zero-order valence-electron chi connectivity index (χ0n) is 9.49. The Morgan fingerprint density at radius 3 is 2.62 bits per heavy atom. The van der Waals surface area contributed by atoms with E-state index in [2.05, 4.69) is 0 Å². The summed E-state index contributed by atoms with van der Waals surface area (Å²) in [6, 6.07) is -0.127. The first kappa shape index (κ1) is 13.8. The number of hydrogen-bond acceptors (Lipinski definition) is 3. The molecule has 0 aromatic heterocycles. The van der Waals surface area contributed by atoms with E-state index in [1.807, 2.05) is 6.92 Å². The summed E-state index contributed by atoms with van der Waals surface area (Å²) in [5.74, 6) is 0.807. The maximum atomic E-state index is 11.8. The largest absolute Gasteiger partial charge is 0.339 e. The van der Waals surface area contributed by atoms with E-state index in [1.165, 1.54) is 0 Å². The Morgan fingerprint density at radius 1 is 1.50 bits per heavy atom. The summed E-state index contributed by atoms with van der Waals surface area (Å²) in [5, 5.41) is 0. The first-order valence-electron chi connectivity index (χ1n) is 5.56. The summed E-state index contributed by atoms with van der Waals surface area (Å²) in [7, 11) is -2.92. The molecular weight excluding hydrogens is 250 g/mol. The molecule has 1 aliphatic rings. The Morgan fingerprint density at radius 2 is 2.19 bits per heavy atom. The standard InChI is InChI=1S/C10H18ClNO3S/c1-2-12(10(13)4-3-6-11)9-5-7-16(14,15)8-9/h9H,2-8H2,1H3. The molecule has 1 fully saturated rings. The SMILES string of the molecule is CCN(C(=O)CCCCl)C1CCS(=O)(=O)C1. The predicted molar refractivity (Wildman–Crippen MR) is 64.4 cm³/mol. The third-order valence-corrected chi connectivity index (χ3v) is 4.85. The van der Waals surface area contributed by atoms with Crippen LogP contribution in [0.2, 0.25) is 0 Å². The second-order valence-electron chi connectivity index (χ2n) is 4.03. The van der Waals surface area contributed by atoms with Crippen molar-refractivity contribution in [1.29, 1.82) is 0 Å². The van der Waals surface area contributed by atoms with Crippen LogP contribution in [0.1, 0.15) is 26.2 Å². The number of amides is 1. The summed E-state index contributed by atoms with van der Waals surface area (Å²) in [6.45, 7) is 2.45. The second kappa shape index (κ2) is 5.87. The fourth-order valence-electron chi connectivity index (χ4n) is 2.02. The maximum absolute atomic E-state index is 11.8. The van der Waals surface area contributed by atoms with Gasteiger partial charge in [0.1, 0.15) is 0 Å². The smallest absolute Gasteiger partial charge is 0.222 e. The van der Waals surface area contributed by atoms with Crippen molar-refractivity contribution in [3.63, 3.8) is 0 Å². The van der Waals surface area contributed by atoms with Crippen LogP contribution in [0.5, 0.6) is 0 Å². The third-order valence-electron chi connectivity index (χ3n) is 2.83. The second-order valence-corrected chi connectivity index (χ2v) is 6.64. The Kier molecular flexibility index (Phi) is 5.05. The molecule has 4 nitrogen and oxygen atoms in total. The molecule has 1 saturated heterocycles. The van der Waals surface area contributed by atoms with Crippen molar-refractivity contribution in [3.05, 3.63) is 0 Å². The Labute approximate surface area is 102 Å². The average molecular weight is 268 g/mol. The first-order chi connectivity index (χ1) is 7.50. The van der Waals surface area contributed by atoms with Gasteiger partial charge in [0.15, 0.2) is 9.84 Å². The van der Waals surface area contributed by atoms with Crippen LogP contribution in [0.3, 0.4) is 0 Å². The molecule has 1 unspecified atom stereocenters. The monoisotopic (exact) mass is 267 g/mol. The third kappa shape index (κ3) is 3.63. The van der Waals surface area contributed by atoms with Crippen LogP contribution in [-0.4, -0.2) is 49.2 Å². The van der Waals surface area contributed by atoms with Gasteiger partial charge in [-0.25, -0.2) is 8.42 Å². The summed E-state index contributed by atoms with van der Waals surface area (Å²) in [6.07, 6.45) is 1.63. The normalized spacial score (nSPS) is 23.2. The quantitative estimate of drug-likeness (QED) is 0.700. The fraction of sp³-hybridized carbons (Fsp3) is 0.900. The lowest BCUT2D eigenvalue weighted by molar-refractivity contribution is -0.132. The average Bonchev–Trinajstić information content (AvgIpc) is 2.57. The predicted octanol–water partition coefficient (Wildman–Crippen LogP) is 1.04. The topological polar surface area (TPSA) is 54.5 Å². The van der Waals surface area contributed by atoms with Gasteiger partial charge in [0.2, 0.25) is 5.91 Å². The fourth-order valence-corrected chi connectivity index (χ4v) is 3.89. The van der Waals surface area contributed by atoms with E-state index in [0.717, 1.165) is 0 Å². The van der Waals surface area contributed by atoms with Gasteiger partial charge < -0.3 is 4.90 Å². The molecule has 0 bridgehead atoms.